The van der Waals surface area contributed by atoms with Crippen LogP contribution < -0.4 is 5.43 Å². The van der Waals surface area contributed by atoms with E-state index in [2.05, 4.69) is 36.2 Å². The molecule has 0 bridgehead atoms. The molecule has 2 aromatic rings. The molecule has 0 unspecified atom stereocenters. The van der Waals surface area contributed by atoms with Crippen molar-refractivity contribution in [1.82, 2.24) is 4.98 Å². The Labute approximate surface area is 133 Å². The monoisotopic (exact) mass is 369 g/mol. The molecule has 2 rings (SSSR count). The van der Waals surface area contributed by atoms with Gasteiger partial charge in [0.25, 0.3) is 0 Å². The molecule has 0 radical (unpaired) electrons. The number of nitrogens with zero attached hydrogens (tertiary/aromatic N) is 2. The van der Waals surface area contributed by atoms with Crippen molar-refractivity contribution in [3.8, 4) is 5.75 Å². The van der Waals surface area contributed by atoms with Gasteiger partial charge in [-0.25, -0.2) is 9.78 Å². The number of thiazole rings is 1. The minimum atomic E-state index is -0.413. The zero-order chi connectivity index (χ0) is 15.4. The van der Waals surface area contributed by atoms with Crippen LogP contribution in [-0.2, 0) is 4.74 Å². The molecule has 21 heavy (non-hydrogen) atoms. The fourth-order valence-electron chi connectivity index (χ4n) is 1.49. The number of aromatic hydroxyl groups is 1. The largest absolute Gasteiger partial charge is 0.507 e. The minimum absolute atomic E-state index is 0.165. The highest BCUT2D eigenvalue weighted by Crippen LogP contribution is 2.24. The maximum Gasteiger partial charge on any atom is 0.350 e. The average molecular weight is 370 g/mol. The van der Waals surface area contributed by atoms with Crippen LogP contribution in [0.4, 0.5) is 5.13 Å². The number of ether oxygens (including phenoxy) is 1. The summed E-state index contributed by atoms with van der Waals surface area (Å²) in [6.45, 7) is 1.73. The molecule has 0 saturated carbocycles. The Morgan fingerprint density at radius 3 is 3.00 bits per heavy atom. The third kappa shape index (κ3) is 3.79. The van der Waals surface area contributed by atoms with E-state index in [-0.39, 0.29) is 5.75 Å². The number of benzene rings is 1. The molecular formula is C13H12BrN3O3S. The molecule has 0 aliphatic heterocycles. The van der Waals surface area contributed by atoms with Gasteiger partial charge in [0.15, 0.2) is 0 Å². The van der Waals surface area contributed by atoms with E-state index >= 15 is 0 Å². The summed E-state index contributed by atoms with van der Waals surface area (Å²) in [7, 11) is 1.33. The van der Waals surface area contributed by atoms with E-state index < -0.39 is 5.97 Å². The second-order valence-corrected chi connectivity index (χ2v) is 5.86. The SMILES string of the molecule is COC(=O)c1sc(N/N=C\c2ccc(O)c(Br)c2)nc1C. The Hall–Kier alpha value is -1.93. The van der Waals surface area contributed by atoms with Gasteiger partial charge in [-0.05, 0) is 46.6 Å². The molecule has 8 heteroatoms. The normalized spacial score (nSPS) is 10.8. The highest BCUT2D eigenvalue weighted by molar-refractivity contribution is 9.10. The quantitative estimate of drug-likeness (QED) is 0.491. The van der Waals surface area contributed by atoms with Crippen LogP contribution in [0.5, 0.6) is 5.75 Å². The minimum Gasteiger partial charge on any atom is -0.507 e. The highest BCUT2D eigenvalue weighted by atomic mass is 79.9. The van der Waals surface area contributed by atoms with Gasteiger partial charge in [-0.15, -0.1) is 0 Å². The van der Waals surface area contributed by atoms with E-state index in [0.29, 0.717) is 20.2 Å². The van der Waals surface area contributed by atoms with Gasteiger partial charge in [0.2, 0.25) is 5.13 Å². The van der Waals surface area contributed by atoms with Crippen molar-refractivity contribution in [2.75, 3.05) is 12.5 Å². The summed E-state index contributed by atoms with van der Waals surface area (Å²) in [4.78, 5) is 16.1. The van der Waals surface area contributed by atoms with Crippen LogP contribution in [0.2, 0.25) is 0 Å². The fourth-order valence-corrected chi connectivity index (χ4v) is 2.72. The number of halogens is 1. The van der Waals surface area contributed by atoms with Gasteiger partial charge in [-0.1, -0.05) is 11.3 Å². The Morgan fingerprint density at radius 1 is 1.57 bits per heavy atom. The van der Waals surface area contributed by atoms with Gasteiger partial charge in [-0.2, -0.15) is 5.10 Å². The number of aryl methyl sites for hydroxylation is 1. The van der Waals surface area contributed by atoms with E-state index in [1.54, 1.807) is 31.3 Å². The van der Waals surface area contributed by atoms with Crippen molar-refractivity contribution < 1.29 is 14.6 Å². The molecule has 0 fully saturated rings. The van der Waals surface area contributed by atoms with Gasteiger partial charge in [0.1, 0.15) is 10.6 Å². The molecule has 1 aromatic heterocycles. The Kier molecular flexibility index (Phi) is 4.92. The van der Waals surface area contributed by atoms with Crippen molar-refractivity contribution in [2.24, 2.45) is 5.10 Å². The molecule has 0 atom stereocenters. The van der Waals surface area contributed by atoms with Crippen LogP contribution in [0.25, 0.3) is 0 Å². The van der Waals surface area contributed by atoms with Crippen molar-refractivity contribution in [2.45, 2.75) is 6.92 Å². The molecule has 0 aliphatic rings. The molecule has 1 heterocycles. The number of hydrogen-bond acceptors (Lipinski definition) is 7. The summed E-state index contributed by atoms with van der Waals surface area (Å²) in [5, 5.41) is 13.9. The van der Waals surface area contributed by atoms with Crippen LogP contribution in [0.15, 0.2) is 27.8 Å². The number of phenolic OH excluding ortho intramolecular Hbond substituents is 1. The van der Waals surface area contributed by atoms with Crippen LogP contribution >= 0.6 is 27.3 Å². The molecule has 6 nitrogen and oxygen atoms in total. The number of hydrogen-bond donors (Lipinski definition) is 2. The first-order chi connectivity index (χ1) is 10.0. The maximum atomic E-state index is 11.5. The molecule has 2 N–H and O–H groups in total. The molecule has 110 valence electrons. The fraction of sp³-hybridized carbons (Fsp3) is 0.154. The molecular weight excluding hydrogens is 358 g/mol. The van der Waals surface area contributed by atoms with Gasteiger partial charge in [-0.3, -0.25) is 5.43 Å². The van der Waals surface area contributed by atoms with Crippen molar-refractivity contribution >= 4 is 44.6 Å². The molecule has 1 aromatic carbocycles. The zero-order valence-corrected chi connectivity index (χ0v) is 13.7. The Bertz CT molecular complexity index is 700. The zero-order valence-electron chi connectivity index (χ0n) is 11.3. The summed E-state index contributed by atoms with van der Waals surface area (Å²) in [6.07, 6.45) is 1.58. The first-order valence-electron chi connectivity index (χ1n) is 5.84. The summed E-state index contributed by atoms with van der Waals surface area (Å²) >= 11 is 4.40. The lowest BCUT2D eigenvalue weighted by molar-refractivity contribution is 0.0605. The number of anilines is 1. The van der Waals surface area contributed by atoms with Crippen molar-refractivity contribution in [3.63, 3.8) is 0 Å². The van der Waals surface area contributed by atoms with Gasteiger partial charge < -0.3 is 9.84 Å². The van der Waals surface area contributed by atoms with Gasteiger partial charge in [0, 0.05) is 0 Å². The lowest BCUT2D eigenvalue weighted by Crippen LogP contribution is -1.99. The van der Waals surface area contributed by atoms with Gasteiger partial charge in [0.05, 0.1) is 23.5 Å². The summed E-state index contributed by atoms with van der Waals surface area (Å²) in [5.41, 5.74) is 4.15. The standard InChI is InChI=1S/C13H12BrN3O3S/c1-7-11(12(19)20-2)21-13(16-7)17-15-6-8-3-4-10(18)9(14)5-8/h3-6,18H,1-2H3,(H,16,17)/b15-6-. The highest BCUT2D eigenvalue weighted by Gasteiger charge is 2.15. The first kappa shape index (κ1) is 15.5. The van der Waals surface area contributed by atoms with Crippen LogP contribution in [0.1, 0.15) is 20.9 Å². The Morgan fingerprint density at radius 2 is 2.33 bits per heavy atom. The van der Waals surface area contributed by atoms with Crippen molar-refractivity contribution in [3.05, 3.63) is 38.8 Å². The second kappa shape index (κ2) is 6.68. The smallest absolute Gasteiger partial charge is 0.350 e. The number of phenols is 1. The van der Waals surface area contributed by atoms with Crippen LogP contribution in [0.3, 0.4) is 0 Å². The Balaban J connectivity index is 2.07. The molecule has 0 saturated heterocycles. The number of rotatable bonds is 4. The number of nitrogens with one attached hydrogen (secondary N) is 1. The predicted octanol–water partition coefficient (Wildman–Crippen LogP) is 3.15. The second-order valence-electron chi connectivity index (χ2n) is 4.01. The van der Waals surface area contributed by atoms with Crippen LogP contribution in [0, 0.1) is 6.92 Å². The van der Waals surface area contributed by atoms with E-state index in [9.17, 15) is 9.90 Å². The number of carbonyl (C=O) groups excluding carboxylic acids is 1. The third-order valence-corrected chi connectivity index (χ3v) is 4.19. The number of aromatic nitrogens is 1. The van der Waals surface area contributed by atoms with Crippen molar-refractivity contribution in [1.29, 1.82) is 0 Å². The first-order valence-corrected chi connectivity index (χ1v) is 7.45. The van der Waals surface area contributed by atoms with E-state index in [1.165, 1.54) is 18.4 Å². The molecule has 0 amide bonds. The van der Waals surface area contributed by atoms with E-state index in [0.717, 1.165) is 5.56 Å². The maximum absolute atomic E-state index is 11.5. The summed E-state index contributed by atoms with van der Waals surface area (Å²) in [6, 6.07) is 5.01. The number of esters is 1. The third-order valence-electron chi connectivity index (χ3n) is 2.51. The number of hydrazone groups is 1. The average Bonchev–Trinajstić information content (AvgIpc) is 2.83. The molecule has 0 aliphatic carbocycles. The molecule has 0 spiro atoms. The lowest BCUT2D eigenvalue weighted by atomic mass is 10.2. The van der Waals surface area contributed by atoms with E-state index in [4.69, 9.17) is 0 Å². The summed E-state index contributed by atoms with van der Waals surface area (Å²) < 4.78 is 5.25. The summed E-state index contributed by atoms with van der Waals surface area (Å²) in [5.74, 6) is -0.247. The van der Waals surface area contributed by atoms with E-state index in [1.807, 2.05) is 0 Å². The predicted molar refractivity (Wildman–Crippen MR) is 85.2 cm³/mol. The number of carbonyl (C=O) groups is 1. The van der Waals surface area contributed by atoms with Crippen LogP contribution in [-0.4, -0.2) is 29.4 Å². The number of methoxy groups -OCH3 is 1. The lowest BCUT2D eigenvalue weighted by Gasteiger charge is -1.98. The topological polar surface area (TPSA) is 83.8 Å². The van der Waals surface area contributed by atoms with Gasteiger partial charge >= 0.3 is 5.97 Å².